The van der Waals surface area contributed by atoms with E-state index in [0.717, 1.165) is 18.4 Å². The summed E-state index contributed by atoms with van der Waals surface area (Å²) in [6, 6.07) is 3.40. The van der Waals surface area contributed by atoms with Crippen molar-refractivity contribution in [1.82, 2.24) is 0 Å². The van der Waals surface area contributed by atoms with E-state index in [9.17, 15) is 4.79 Å². The molecule has 2 N–H and O–H groups in total. The van der Waals surface area contributed by atoms with Gasteiger partial charge in [-0.25, -0.2) is 0 Å². The molecule has 0 heterocycles. The van der Waals surface area contributed by atoms with Crippen LogP contribution in [0.2, 0.25) is 5.02 Å². The van der Waals surface area contributed by atoms with Crippen LogP contribution in [-0.2, 0) is 0 Å². The van der Waals surface area contributed by atoms with Crippen LogP contribution in [0, 0.1) is 6.92 Å². The second kappa shape index (κ2) is 3.75. The fourth-order valence-corrected chi connectivity index (χ4v) is 2.07. The standard InChI is InChI=1S/C12H14ClNO2/c1-7-5-8(13)6-9(10(7)16-2)11(15)12(14)3-4-12/h5-6H,3-4,14H2,1-2H3. The van der Waals surface area contributed by atoms with E-state index in [4.69, 9.17) is 22.1 Å². The predicted molar refractivity (Wildman–Crippen MR) is 63.2 cm³/mol. The molecular formula is C12H14ClNO2. The first-order valence-electron chi connectivity index (χ1n) is 5.16. The van der Waals surface area contributed by atoms with Crippen molar-refractivity contribution < 1.29 is 9.53 Å². The monoisotopic (exact) mass is 239 g/mol. The van der Waals surface area contributed by atoms with Gasteiger partial charge in [0.25, 0.3) is 0 Å². The quantitative estimate of drug-likeness (QED) is 0.824. The highest BCUT2D eigenvalue weighted by Gasteiger charge is 2.47. The van der Waals surface area contributed by atoms with E-state index in [1.807, 2.05) is 6.92 Å². The second-order valence-corrected chi connectivity index (χ2v) is 4.73. The molecule has 1 fully saturated rings. The number of benzene rings is 1. The lowest BCUT2D eigenvalue weighted by atomic mass is 10.00. The smallest absolute Gasteiger partial charge is 0.186 e. The summed E-state index contributed by atoms with van der Waals surface area (Å²) >= 11 is 5.95. The fourth-order valence-electron chi connectivity index (χ4n) is 1.80. The summed E-state index contributed by atoms with van der Waals surface area (Å²) in [6.07, 6.45) is 1.47. The largest absolute Gasteiger partial charge is 0.496 e. The topological polar surface area (TPSA) is 52.3 Å². The highest BCUT2D eigenvalue weighted by molar-refractivity contribution is 6.31. The molecule has 0 aromatic heterocycles. The molecule has 1 aromatic carbocycles. The number of ketones is 1. The molecule has 0 unspecified atom stereocenters. The van der Waals surface area contributed by atoms with Crippen LogP contribution in [0.4, 0.5) is 0 Å². The van der Waals surface area contributed by atoms with Crippen LogP contribution in [0.15, 0.2) is 12.1 Å². The molecular weight excluding hydrogens is 226 g/mol. The summed E-state index contributed by atoms with van der Waals surface area (Å²) in [5, 5.41) is 0.533. The van der Waals surface area contributed by atoms with Gasteiger partial charge < -0.3 is 10.5 Å². The highest BCUT2D eigenvalue weighted by Crippen LogP contribution is 2.39. The third-order valence-electron chi connectivity index (χ3n) is 2.93. The first-order chi connectivity index (χ1) is 7.48. The number of carbonyl (C=O) groups is 1. The van der Waals surface area contributed by atoms with Gasteiger partial charge in [0.15, 0.2) is 5.78 Å². The molecule has 16 heavy (non-hydrogen) atoms. The lowest BCUT2D eigenvalue weighted by Gasteiger charge is -2.14. The van der Waals surface area contributed by atoms with E-state index in [2.05, 4.69) is 0 Å². The maximum atomic E-state index is 12.1. The van der Waals surface area contributed by atoms with Crippen molar-refractivity contribution in [3.8, 4) is 5.75 Å². The maximum Gasteiger partial charge on any atom is 0.186 e. The molecule has 0 saturated heterocycles. The summed E-state index contributed by atoms with van der Waals surface area (Å²) in [7, 11) is 1.54. The Labute approximate surface area is 99.5 Å². The van der Waals surface area contributed by atoms with Gasteiger partial charge in [0.05, 0.1) is 18.2 Å². The van der Waals surface area contributed by atoms with Gasteiger partial charge in [0, 0.05) is 5.02 Å². The minimum atomic E-state index is -0.690. The molecule has 4 heteroatoms. The number of ether oxygens (including phenoxy) is 1. The van der Waals surface area contributed by atoms with Crippen molar-refractivity contribution in [2.45, 2.75) is 25.3 Å². The first kappa shape index (κ1) is 11.4. The zero-order valence-electron chi connectivity index (χ0n) is 9.34. The summed E-state index contributed by atoms with van der Waals surface area (Å²) in [5.74, 6) is 0.501. The van der Waals surface area contributed by atoms with Gasteiger partial charge in [0.2, 0.25) is 0 Å². The fraction of sp³-hybridized carbons (Fsp3) is 0.417. The third kappa shape index (κ3) is 1.81. The van der Waals surface area contributed by atoms with Crippen LogP contribution in [0.3, 0.4) is 0 Å². The Morgan fingerprint density at radius 2 is 2.12 bits per heavy atom. The molecule has 0 bridgehead atoms. The summed E-state index contributed by atoms with van der Waals surface area (Å²) in [6.45, 7) is 1.86. The van der Waals surface area contributed by atoms with Crippen molar-refractivity contribution in [3.63, 3.8) is 0 Å². The molecule has 0 amide bonds. The number of rotatable bonds is 3. The van der Waals surface area contributed by atoms with Gasteiger partial charge in [0.1, 0.15) is 5.75 Å². The maximum absolute atomic E-state index is 12.1. The number of carbonyl (C=O) groups excluding carboxylic acids is 1. The Hall–Kier alpha value is -1.06. The average molecular weight is 240 g/mol. The minimum absolute atomic E-state index is 0.0741. The lowest BCUT2D eigenvalue weighted by Crippen LogP contribution is -2.33. The van der Waals surface area contributed by atoms with Crippen LogP contribution in [0.5, 0.6) is 5.75 Å². The van der Waals surface area contributed by atoms with Crippen molar-refractivity contribution >= 4 is 17.4 Å². The van der Waals surface area contributed by atoms with Gasteiger partial charge in [-0.3, -0.25) is 4.79 Å². The Bertz CT molecular complexity index is 453. The molecule has 1 saturated carbocycles. The third-order valence-corrected chi connectivity index (χ3v) is 3.15. The van der Waals surface area contributed by atoms with E-state index < -0.39 is 5.54 Å². The van der Waals surface area contributed by atoms with Crippen LogP contribution < -0.4 is 10.5 Å². The number of hydrogen-bond acceptors (Lipinski definition) is 3. The number of halogens is 1. The lowest BCUT2D eigenvalue weighted by molar-refractivity contribution is 0.0946. The zero-order chi connectivity index (χ0) is 11.9. The van der Waals surface area contributed by atoms with Crippen molar-refractivity contribution in [2.75, 3.05) is 7.11 Å². The SMILES string of the molecule is COc1c(C)cc(Cl)cc1C(=O)C1(N)CC1. The van der Waals surface area contributed by atoms with Crippen LogP contribution in [0.1, 0.15) is 28.8 Å². The normalized spacial score (nSPS) is 17.0. The first-order valence-corrected chi connectivity index (χ1v) is 5.53. The van der Waals surface area contributed by atoms with Gasteiger partial charge in [-0.05, 0) is 37.5 Å². The molecule has 0 aliphatic heterocycles. The Morgan fingerprint density at radius 3 is 2.62 bits per heavy atom. The summed E-state index contributed by atoms with van der Waals surface area (Å²) < 4.78 is 5.24. The molecule has 1 aromatic rings. The highest BCUT2D eigenvalue weighted by atomic mass is 35.5. The number of nitrogens with two attached hydrogens (primary N) is 1. The molecule has 1 aliphatic carbocycles. The molecule has 1 aliphatic rings. The van der Waals surface area contributed by atoms with E-state index >= 15 is 0 Å². The molecule has 2 rings (SSSR count). The summed E-state index contributed by atoms with van der Waals surface area (Å²) in [5.41, 5.74) is 6.55. The van der Waals surface area contributed by atoms with E-state index in [1.165, 1.54) is 0 Å². The number of hydrogen-bond donors (Lipinski definition) is 1. The number of methoxy groups -OCH3 is 1. The van der Waals surface area contributed by atoms with Gasteiger partial charge in [-0.2, -0.15) is 0 Å². The number of Topliss-reactive ketones (excluding diaryl/α,β-unsaturated/α-hetero) is 1. The van der Waals surface area contributed by atoms with E-state index in [-0.39, 0.29) is 5.78 Å². The zero-order valence-corrected chi connectivity index (χ0v) is 10.1. The number of aryl methyl sites for hydroxylation is 1. The van der Waals surface area contributed by atoms with E-state index in [1.54, 1.807) is 19.2 Å². The Morgan fingerprint density at radius 1 is 1.50 bits per heavy atom. The Balaban J connectivity index is 2.50. The van der Waals surface area contributed by atoms with Gasteiger partial charge >= 0.3 is 0 Å². The molecule has 3 nitrogen and oxygen atoms in total. The van der Waals surface area contributed by atoms with Crippen LogP contribution in [-0.4, -0.2) is 18.4 Å². The predicted octanol–water partition coefficient (Wildman–Crippen LogP) is 2.33. The van der Waals surface area contributed by atoms with E-state index in [0.29, 0.717) is 16.3 Å². The summed E-state index contributed by atoms with van der Waals surface area (Å²) in [4.78, 5) is 12.1. The van der Waals surface area contributed by atoms with Crippen molar-refractivity contribution in [2.24, 2.45) is 5.73 Å². The molecule has 0 radical (unpaired) electrons. The van der Waals surface area contributed by atoms with Gasteiger partial charge in [-0.1, -0.05) is 11.6 Å². The van der Waals surface area contributed by atoms with Crippen LogP contribution >= 0.6 is 11.6 Å². The molecule has 0 atom stereocenters. The Kier molecular flexibility index (Phi) is 2.68. The van der Waals surface area contributed by atoms with Crippen molar-refractivity contribution in [1.29, 1.82) is 0 Å². The molecule has 0 spiro atoms. The average Bonchev–Trinajstić information content (AvgIpc) is 2.95. The van der Waals surface area contributed by atoms with Gasteiger partial charge in [-0.15, -0.1) is 0 Å². The van der Waals surface area contributed by atoms with Crippen molar-refractivity contribution in [3.05, 3.63) is 28.3 Å². The minimum Gasteiger partial charge on any atom is -0.496 e. The van der Waals surface area contributed by atoms with Crippen LogP contribution in [0.25, 0.3) is 0 Å². The molecule has 86 valence electrons. The second-order valence-electron chi connectivity index (χ2n) is 4.29.